The van der Waals surface area contributed by atoms with Gasteiger partial charge in [-0.25, -0.2) is 17.9 Å². The Morgan fingerprint density at radius 1 is 1.32 bits per heavy atom. The molecule has 0 bridgehead atoms. The summed E-state index contributed by atoms with van der Waals surface area (Å²) in [4.78, 5) is -0.264. The Morgan fingerprint density at radius 3 is 2.58 bits per heavy atom. The van der Waals surface area contributed by atoms with Crippen molar-refractivity contribution in [3.05, 3.63) is 24.0 Å². The maximum atomic E-state index is 13.8. The number of halogens is 1. The van der Waals surface area contributed by atoms with Gasteiger partial charge in [0.1, 0.15) is 5.82 Å². The average Bonchev–Trinajstić information content (AvgIpc) is 2.33. The van der Waals surface area contributed by atoms with Gasteiger partial charge in [0, 0.05) is 0 Å². The molecule has 4 N–H and O–H groups in total. The minimum absolute atomic E-state index is 0.179. The van der Waals surface area contributed by atoms with Crippen molar-refractivity contribution in [2.24, 2.45) is 5.14 Å². The lowest BCUT2D eigenvalue weighted by Crippen LogP contribution is -2.36. The van der Waals surface area contributed by atoms with E-state index in [4.69, 9.17) is 5.14 Å². The Bertz CT molecular complexity index is 562. The number of nitrogens with one attached hydrogen (secondary N) is 1. The van der Waals surface area contributed by atoms with Crippen LogP contribution in [0.5, 0.6) is 0 Å². The van der Waals surface area contributed by atoms with Gasteiger partial charge in [0.05, 0.1) is 22.7 Å². The first-order valence-corrected chi connectivity index (χ1v) is 7.69. The molecule has 7 heteroatoms. The molecule has 19 heavy (non-hydrogen) atoms. The summed E-state index contributed by atoms with van der Waals surface area (Å²) in [7, 11) is -3.90. The Kier molecular flexibility index (Phi) is 4.07. The summed E-state index contributed by atoms with van der Waals surface area (Å²) in [6.45, 7) is 0. The van der Waals surface area contributed by atoms with Gasteiger partial charge < -0.3 is 10.4 Å². The lowest BCUT2D eigenvalue weighted by atomic mass is 9.92. The minimum atomic E-state index is -3.90. The van der Waals surface area contributed by atoms with E-state index in [1.807, 2.05) is 0 Å². The lowest BCUT2D eigenvalue weighted by Gasteiger charge is -2.29. The van der Waals surface area contributed by atoms with Crippen LogP contribution in [0.2, 0.25) is 0 Å². The molecule has 1 aliphatic carbocycles. The number of hydrogen-bond acceptors (Lipinski definition) is 4. The van der Waals surface area contributed by atoms with E-state index in [1.54, 1.807) is 0 Å². The quantitative estimate of drug-likeness (QED) is 0.779. The highest BCUT2D eigenvalue weighted by molar-refractivity contribution is 7.89. The Hall–Kier alpha value is -1.18. The molecule has 1 aromatic rings. The van der Waals surface area contributed by atoms with E-state index in [0.29, 0.717) is 6.42 Å². The maximum absolute atomic E-state index is 13.8. The number of hydrogen-bond donors (Lipinski definition) is 3. The van der Waals surface area contributed by atoms with Crippen LogP contribution in [0.4, 0.5) is 10.1 Å². The number of sulfonamides is 1. The summed E-state index contributed by atoms with van der Waals surface area (Å²) < 4.78 is 36.0. The third-order valence-electron chi connectivity index (χ3n) is 3.34. The standard InChI is InChI=1S/C12H17FN2O3S/c13-9-7-8(19(14,17)18)5-6-10(9)15-11-3-1-2-4-12(11)16/h5-7,11-12,15-16H,1-4H2,(H2,14,17,18). The molecular weight excluding hydrogens is 271 g/mol. The van der Waals surface area contributed by atoms with Crippen LogP contribution >= 0.6 is 0 Å². The summed E-state index contributed by atoms with van der Waals surface area (Å²) in [5.74, 6) is -0.690. The number of primary sulfonamides is 1. The van der Waals surface area contributed by atoms with E-state index in [0.717, 1.165) is 25.3 Å². The number of anilines is 1. The van der Waals surface area contributed by atoms with Crippen LogP contribution in [-0.4, -0.2) is 25.7 Å². The van der Waals surface area contributed by atoms with Crippen molar-refractivity contribution in [1.82, 2.24) is 0 Å². The SMILES string of the molecule is NS(=O)(=O)c1ccc(NC2CCCCC2O)c(F)c1. The van der Waals surface area contributed by atoms with Gasteiger partial charge in [0.25, 0.3) is 0 Å². The molecule has 0 amide bonds. The Balaban J connectivity index is 2.17. The van der Waals surface area contributed by atoms with Crippen LogP contribution in [0.1, 0.15) is 25.7 Å². The molecule has 1 aromatic carbocycles. The highest BCUT2D eigenvalue weighted by atomic mass is 32.2. The summed E-state index contributed by atoms with van der Waals surface area (Å²) in [5, 5.41) is 17.6. The summed E-state index contributed by atoms with van der Waals surface area (Å²) in [6.07, 6.45) is 2.88. The first-order chi connectivity index (χ1) is 8.88. The average molecular weight is 288 g/mol. The van der Waals surface area contributed by atoms with Crippen molar-refractivity contribution in [3.63, 3.8) is 0 Å². The molecule has 1 fully saturated rings. The second kappa shape index (κ2) is 5.44. The van der Waals surface area contributed by atoms with Crippen LogP contribution < -0.4 is 10.5 Å². The van der Waals surface area contributed by atoms with Crippen molar-refractivity contribution in [2.75, 3.05) is 5.32 Å². The normalized spacial score (nSPS) is 24.2. The molecule has 0 aliphatic heterocycles. The molecule has 5 nitrogen and oxygen atoms in total. The predicted octanol–water partition coefficient (Wildman–Crippen LogP) is 1.19. The first kappa shape index (κ1) is 14.2. The van der Waals surface area contributed by atoms with Crippen LogP contribution in [0, 0.1) is 5.82 Å². The van der Waals surface area contributed by atoms with Crippen molar-refractivity contribution >= 4 is 15.7 Å². The van der Waals surface area contributed by atoms with E-state index < -0.39 is 21.9 Å². The second-order valence-corrected chi connectivity index (χ2v) is 6.35. The van der Waals surface area contributed by atoms with Crippen LogP contribution in [0.3, 0.4) is 0 Å². The zero-order valence-electron chi connectivity index (χ0n) is 10.3. The van der Waals surface area contributed by atoms with E-state index in [2.05, 4.69) is 5.32 Å². The molecule has 1 saturated carbocycles. The summed E-state index contributed by atoms with van der Waals surface area (Å²) in [5.41, 5.74) is 0.179. The van der Waals surface area contributed by atoms with Gasteiger partial charge in [-0.15, -0.1) is 0 Å². The molecule has 2 rings (SSSR count). The van der Waals surface area contributed by atoms with Crippen molar-refractivity contribution < 1.29 is 17.9 Å². The summed E-state index contributed by atoms with van der Waals surface area (Å²) in [6, 6.07) is 3.25. The largest absolute Gasteiger partial charge is 0.391 e. The molecule has 2 unspecified atom stereocenters. The van der Waals surface area contributed by atoms with Gasteiger partial charge in [-0.2, -0.15) is 0 Å². The van der Waals surface area contributed by atoms with Crippen molar-refractivity contribution in [2.45, 2.75) is 42.7 Å². The summed E-state index contributed by atoms with van der Waals surface area (Å²) >= 11 is 0. The lowest BCUT2D eigenvalue weighted by molar-refractivity contribution is 0.116. The zero-order valence-corrected chi connectivity index (χ0v) is 11.2. The monoisotopic (exact) mass is 288 g/mol. The number of aliphatic hydroxyl groups excluding tert-OH is 1. The number of rotatable bonds is 3. The Morgan fingerprint density at radius 2 is 2.00 bits per heavy atom. The molecule has 0 spiro atoms. The van der Waals surface area contributed by atoms with Crippen molar-refractivity contribution in [1.29, 1.82) is 0 Å². The van der Waals surface area contributed by atoms with Crippen LogP contribution in [-0.2, 0) is 10.0 Å². The third-order valence-corrected chi connectivity index (χ3v) is 4.25. The van der Waals surface area contributed by atoms with Gasteiger partial charge in [0.2, 0.25) is 10.0 Å². The van der Waals surface area contributed by atoms with E-state index in [9.17, 15) is 17.9 Å². The van der Waals surface area contributed by atoms with Crippen molar-refractivity contribution in [3.8, 4) is 0 Å². The smallest absolute Gasteiger partial charge is 0.238 e. The third kappa shape index (κ3) is 3.43. The minimum Gasteiger partial charge on any atom is -0.391 e. The van der Waals surface area contributed by atoms with E-state index in [-0.39, 0.29) is 16.6 Å². The number of nitrogens with two attached hydrogens (primary N) is 1. The fourth-order valence-electron chi connectivity index (χ4n) is 2.27. The van der Waals surface area contributed by atoms with Gasteiger partial charge in [-0.05, 0) is 31.0 Å². The topological polar surface area (TPSA) is 92.4 Å². The van der Waals surface area contributed by atoms with E-state index in [1.165, 1.54) is 12.1 Å². The highest BCUT2D eigenvalue weighted by Crippen LogP contribution is 2.25. The second-order valence-electron chi connectivity index (χ2n) is 4.79. The highest BCUT2D eigenvalue weighted by Gasteiger charge is 2.23. The fraction of sp³-hybridized carbons (Fsp3) is 0.500. The molecule has 0 aromatic heterocycles. The van der Waals surface area contributed by atoms with Crippen LogP contribution in [0.25, 0.3) is 0 Å². The molecular formula is C12H17FN2O3S. The molecule has 0 radical (unpaired) electrons. The molecule has 0 saturated heterocycles. The molecule has 106 valence electrons. The van der Waals surface area contributed by atoms with Gasteiger partial charge >= 0.3 is 0 Å². The number of aliphatic hydroxyl groups is 1. The van der Waals surface area contributed by atoms with Gasteiger partial charge in [-0.3, -0.25) is 0 Å². The predicted molar refractivity (Wildman–Crippen MR) is 69.7 cm³/mol. The Labute approximate surface area is 111 Å². The van der Waals surface area contributed by atoms with Gasteiger partial charge in [0.15, 0.2) is 0 Å². The molecule has 1 aliphatic rings. The maximum Gasteiger partial charge on any atom is 0.238 e. The van der Waals surface area contributed by atoms with Crippen LogP contribution in [0.15, 0.2) is 23.1 Å². The first-order valence-electron chi connectivity index (χ1n) is 6.15. The molecule has 0 heterocycles. The van der Waals surface area contributed by atoms with Gasteiger partial charge in [-0.1, -0.05) is 12.8 Å². The number of benzene rings is 1. The molecule has 2 atom stereocenters. The van der Waals surface area contributed by atoms with E-state index >= 15 is 0 Å². The fourth-order valence-corrected chi connectivity index (χ4v) is 2.79. The zero-order chi connectivity index (χ0) is 14.0.